The molecular weight excluding hydrogens is 310 g/mol. The summed E-state index contributed by atoms with van der Waals surface area (Å²) in [4.78, 5) is 37.6. The van der Waals surface area contributed by atoms with E-state index < -0.39 is 12.0 Å². The normalized spacial score (nSPS) is 21.4. The number of hydrogen-bond donors (Lipinski definition) is 1. The molecule has 1 unspecified atom stereocenters. The molecule has 7 nitrogen and oxygen atoms in total. The highest BCUT2D eigenvalue weighted by atomic mass is 16.4. The average Bonchev–Trinajstić information content (AvgIpc) is 2.62. The van der Waals surface area contributed by atoms with Gasteiger partial charge in [0.1, 0.15) is 11.8 Å². The topological polar surface area (TPSA) is 90.3 Å². The van der Waals surface area contributed by atoms with Crippen LogP contribution < -0.4 is 5.01 Å². The van der Waals surface area contributed by atoms with Crippen LogP contribution in [0.25, 0.3) is 0 Å². The fraction of sp³-hybridized carbons (Fsp3) is 0.412. The summed E-state index contributed by atoms with van der Waals surface area (Å²) in [6.07, 6.45) is 2.45. The predicted molar refractivity (Wildman–Crippen MR) is 87.6 cm³/mol. The fourth-order valence-corrected chi connectivity index (χ4v) is 3.08. The minimum absolute atomic E-state index is 0.175. The van der Waals surface area contributed by atoms with E-state index in [1.165, 1.54) is 9.91 Å². The van der Waals surface area contributed by atoms with E-state index in [0.29, 0.717) is 18.7 Å². The molecule has 0 aliphatic carbocycles. The molecule has 0 radical (unpaired) electrons. The molecule has 2 amide bonds. The van der Waals surface area contributed by atoms with E-state index in [2.05, 4.69) is 5.10 Å². The zero-order chi connectivity index (χ0) is 17.1. The number of aliphatic carboxylic acids is 1. The monoisotopic (exact) mass is 329 g/mol. The first-order valence-corrected chi connectivity index (χ1v) is 8.07. The molecule has 126 valence electrons. The van der Waals surface area contributed by atoms with E-state index in [9.17, 15) is 19.5 Å². The van der Waals surface area contributed by atoms with E-state index in [-0.39, 0.29) is 30.4 Å². The minimum atomic E-state index is -0.990. The molecule has 1 saturated heterocycles. The quantitative estimate of drug-likeness (QED) is 0.912. The van der Waals surface area contributed by atoms with Crippen LogP contribution in [-0.2, 0) is 14.4 Å². The lowest BCUT2D eigenvalue weighted by atomic mass is 10.0. The van der Waals surface area contributed by atoms with Gasteiger partial charge >= 0.3 is 5.97 Å². The van der Waals surface area contributed by atoms with Crippen LogP contribution in [-0.4, -0.2) is 46.1 Å². The lowest BCUT2D eigenvalue weighted by Crippen LogP contribution is -2.51. The summed E-state index contributed by atoms with van der Waals surface area (Å²) in [6, 6.07) is 8.10. The Labute approximate surface area is 139 Å². The highest BCUT2D eigenvalue weighted by Crippen LogP contribution is 2.23. The van der Waals surface area contributed by atoms with Gasteiger partial charge in [0.05, 0.1) is 5.69 Å². The average molecular weight is 329 g/mol. The van der Waals surface area contributed by atoms with E-state index >= 15 is 0 Å². The maximum absolute atomic E-state index is 12.7. The van der Waals surface area contributed by atoms with Gasteiger partial charge in [0.2, 0.25) is 5.91 Å². The molecule has 0 spiro atoms. The Bertz CT molecular complexity index is 686. The van der Waals surface area contributed by atoms with Gasteiger partial charge in [-0.2, -0.15) is 5.10 Å². The Kier molecular flexibility index (Phi) is 4.59. The zero-order valence-electron chi connectivity index (χ0n) is 13.2. The molecule has 1 aromatic carbocycles. The number of para-hydroxylation sites is 1. The number of piperidine rings is 1. The van der Waals surface area contributed by atoms with Gasteiger partial charge in [0, 0.05) is 19.4 Å². The third-order valence-electron chi connectivity index (χ3n) is 4.33. The van der Waals surface area contributed by atoms with Crippen molar-refractivity contribution in [1.82, 2.24) is 4.90 Å². The van der Waals surface area contributed by atoms with Crippen molar-refractivity contribution in [2.75, 3.05) is 11.6 Å². The molecular formula is C17H19N3O4. The number of amides is 2. The van der Waals surface area contributed by atoms with Gasteiger partial charge in [0.15, 0.2) is 0 Å². The van der Waals surface area contributed by atoms with Crippen molar-refractivity contribution in [3.8, 4) is 0 Å². The first kappa shape index (κ1) is 16.2. The van der Waals surface area contributed by atoms with Crippen molar-refractivity contribution in [2.45, 2.75) is 38.1 Å². The number of rotatable bonds is 3. The molecule has 0 bridgehead atoms. The summed E-state index contributed by atoms with van der Waals surface area (Å²) in [6.45, 7) is 0.411. The molecule has 1 fully saturated rings. The van der Waals surface area contributed by atoms with Crippen LogP contribution in [0.4, 0.5) is 5.69 Å². The molecule has 1 atom stereocenters. The SMILES string of the molecule is O=C(O)C1CCCCN1C(=O)C1=NN(c2ccccc2)C(=O)CC1. The first-order chi connectivity index (χ1) is 11.6. The molecule has 2 aliphatic rings. The van der Waals surface area contributed by atoms with Crippen molar-refractivity contribution < 1.29 is 19.5 Å². The van der Waals surface area contributed by atoms with Crippen LogP contribution in [0.2, 0.25) is 0 Å². The van der Waals surface area contributed by atoms with Crippen molar-refractivity contribution in [1.29, 1.82) is 0 Å². The third kappa shape index (κ3) is 3.15. The first-order valence-electron chi connectivity index (χ1n) is 8.07. The largest absolute Gasteiger partial charge is 0.480 e. The van der Waals surface area contributed by atoms with Crippen molar-refractivity contribution in [2.24, 2.45) is 5.10 Å². The van der Waals surface area contributed by atoms with Gasteiger partial charge in [-0.1, -0.05) is 18.2 Å². The lowest BCUT2D eigenvalue weighted by molar-refractivity contribution is -0.149. The highest BCUT2D eigenvalue weighted by Gasteiger charge is 2.36. The second-order valence-corrected chi connectivity index (χ2v) is 5.94. The second kappa shape index (κ2) is 6.82. The Balaban J connectivity index is 1.86. The molecule has 0 aromatic heterocycles. The Morgan fingerprint density at radius 3 is 2.58 bits per heavy atom. The number of carbonyl (C=O) groups excluding carboxylic acids is 2. The molecule has 24 heavy (non-hydrogen) atoms. The Morgan fingerprint density at radius 2 is 1.88 bits per heavy atom. The predicted octanol–water partition coefficient (Wildman–Crippen LogP) is 1.64. The van der Waals surface area contributed by atoms with Crippen LogP contribution in [0, 0.1) is 0 Å². The minimum Gasteiger partial charge on any atom is -0.480 e. The number of carboxylic acids is 1. The molecule has 3 rings (SSSR count). The van der Waals surface area contributed by atoms with Gasteiger partial charge in [-0.3, -0.25) is 9.59 Å². The van der Waals surface area contributed by atoms with Crippen LogP contribution in [0.1, 0.15) is 32.1 Å². The fourth-order valence-electron chi connectivity index (χ4n) is 3.08. The Morgan fingerprint density at radius 1 is 1.12 bits per heavy atom. The number of anilines is 1. The van der Waals surface area contributed by atoms with Crippen LogP contribution in [0.5, 0.6) is 0 Å². The summed E-state index contributed by atoms with van der Waals surface area (Å²) in [7, 11) is 0. The van der Waals surface area contributed by atoms with Crippen LogP contribution in [0.15, 0.2) is 35.4 Å². The molecule has 1 N–H and O–H groups in total. The summed E-state index contributed by atoms with van der Waals surface area (Å²) >= 11 is 0. The zero-order valence-corrected chi connectivity index (χ0v) is 13.2. The summed E-state index contributed by atoms with van der Waals surface area (Å²) in [5.74, 6) is -1.54. The number of hydrogen-bond acceptors (Lipinski definition) is 4. The summed E-state index contributed by atoms with van der Waals surface area (Å²) in [5, 5.41) is 14.8. The molecule has 1 aromatic rings. The summed E-state index contributed by atoms with van der Waals surface area (Å²) in [5.41, 5.74) is 0.840. The number of carbonyl (C=O) groups is 3. The smallest absolute Gasteiger partial charge is 0.326 e. The van der Waals surface area contributed by atoms with Crippen LogP contribution in [0.3, 0.4) is 0 Å². The molecule has 2 heterocycles. The number of likely N-dealkylation sites (tertiary alicyclic amines) is 1. The van der Waals surface area contributed by atoms with Gasteiger partial charge in [-0.05, 0) is 31.4 Å². The number of nitrogens with zero attached hydrogens (tertiary/aromatic N) is 3. The van der Waals surface area contributed by atoms with E-state index in [1.54, 1.807) is 24.3 Å². The third-order valence-corrected chi connectivity index (χ3v) is 4.33. The molecule has 0 saturated carbocycles. The lowest BCUT2D eigenvalue weighted by Gasteiger charge is -2.34. The maximum atomic E-state index is 12.7. The highest BCUT2D eigenvalue weighted by molar-refractivity contribution is 6.40. The summed E-state index contributed by atoms with van der Waals surface area (Å²) < 4.78 is 0. The van der Waals surface area contributed by atoms with Crippen molar-refractivity contribution >= 4 is 29.2 Å². The van der Waals surface area contributed by atoms with E-state index in [1.807, 2.05) is 6.07 Å². The maximum Gasteiger partial charge on any atom is 0.326 e. The number of carboxylic acid groups (broad SMARTS) is 1. The van der Waals surface area contributed by atoms with E-state index in [4.69, 9.17) is 0 Å². The van der Waals surface area contributed by atoms with Gasteiger partial charge < -0.3 is 10.0 Å². The molecule has 2 aliphatic heterocycles. The Hall–Kier alpha value is -2.70. The van der Waals surface area contributed by atoms with Gasteiger partial charge in [-0.15, -0.1) is 0 Å². The van der Waals surface area contributed by atoms with E-state index in [0.717, 1.165) is 12.8 Å². The van der Waals surface area contributed by atoms with Crippen molar-refractivity contribution in [3.63, 3.8) is 0 Å². The van der Waals surface area contributed by atoms with Gasteiger partial charge in [0.25, 0.3) is 5.91 Å². The van der Waals surface area contributed by atoms with Crippen LogP contribution >= 0.6 is 0 Å². The standard InChI is InChI=1S/C17H19N3O4/c21-15-10-9-13(18-20(15)12-6-2-1-3-7-12)16(22)19-11-5-4-8-14(19)17(23)24/h1-3,6-7,14H,4-5,8-11H2,(H,23,24). The van der Waals surface area contributed by atoms with Gasteiger partial charge in [-0.25, -0.2) is 9.80 Å². The van der Waals surface area contributed by atoms with Crippen molar-refractivity contribution in [3.05, 3.63) is 30.3 Å². The second-order valence-electron chi connectivity index (χ2n) is 5.94. The number of benzene rings is 1. The number of hydrazone groups is 1. The molecule has 7 heteroatoms.